The molecule has 0 aliphatic carbocycles. The van der Waals surface area contributed by atoms with Crippen molar-refractivity contribution in [3.05, 3.63) is 59.5 Å². The molecule has 5 nitrogen and oxygen atoms in total. The van der Waals surface area contributed by atoms with Crippen molar-refractivity contribution in [1.29, 1.82) is 0 Å². The maximum atomic E-state index is 6.25. The molecular formula is C22H26ClN5. The summed E-state index contributed by atoms with van der Waals surface area (Å²) in [4.78, 5) is 11.1. The van der Waals surface area contributed by atoms with Gasteiger partial charge in [-0.3, -0.25) is 4.98 Å². The second kappa shape index (κ2) is 8.76. The summed E-state index contributed by atoms with van der Waals surface area (Å²) in [6, 6.07) is 10.3. The summed E-state index contributed by atoms with van der Waals surface area (Å²) < 4.78 is 0. The van der Waals surface area contributed by atoms with Gasteiger partial charge in [0.05, 0.1) is 5.02 Å². The van der Waals surface area contributed by atoms with Gasteiger partial charge in [0.15, 0.2) is 0 Å². The molecule has 2 aromatic heterocycles. The Morgan fingerprint density at radius 1 is 1.07 bits per heavy atom. The quantitative estimate of drug-likeness (QED) is 0.636. The van der Waals surface area contributed by atoms with Crippen molar-refractivity contribution in [1.82, 2.24) is 14.9 Å². The Morgan fingerprint density at radius 3 is 2.71 bits per heavy atom. The Balaban J connectivity index is 1.30. The fourth-order valence-corrected chi connectivity index (χ4v) is 3.81. The third-order valence-electron chi connectivity index (χ3n) is 5.44. The summed E-state index contributed by atoms with van der Waals surface area (Å²) in [6.07, 6.45) is 7.96. The van der Waals surface area contributed by atoms with Gasteiger partial charge in [-0.25, -0.2) is 4.98 Å². The smallest absolute Gasteiger partial charge is 0.125 e. The van der Waals surface area contributed by atoms with Crippen LogP contribution in [0.15, 0.2) is 48.9 Å². The molecule has 0 amide bonds. The van der Waals surface area contributed by atoms with Gasteiger partial charge in [0.1, 0.15) is 5.82 Å². The number of piperidine rings is 1. The second-order valence-corrected chi connectivity index (χ2v) is 8.00. The van der Waals surface area contributed by atoms with Gasteiger partial charge in [-0.15, -0.1) is 0 Å². The molecule has 0 unspecified atom stereocenters. The van der Waals surface area contributed by atoms with E-state index in [0.29, 0.717) is 5.02 Å². The van der Waals surface area contributed by atoms with Gasteiger partial charge >= 0.3 is 0 Å². The molecule has 0 bridgehead atoms. The standard InChI is InChI=1S/C22H26ClN5/c1-28-8-6-16(7-9-28)11-26-22-5-2-17(13-27-22)12-25-19-4-3-18-14-24-15-21(23)20(18)10-19/h2-5,10,13-16,25H,6-9,11-12H2,1H3,(H,26,27). The highest BCUT2D eigenvalue weighted by Crippen LogP contribution is 2.25. The number of likely N-dealkylation sites (tertiary alicyclic amines) is 1. The number of fused-ring (bicyclic) bond motifs is 1. The first-order chi connectivity index (χ1) is 13.7. The number of anilines is 2. The van der Waals surface area contributed by atoms with Crippen molar-refractivity contribution < 1.29 is 0 Å². The van der Waals surface area contributed by atoms with E-state index in [0.717, 1.165) is 46.8 Å². The molecule has 1 saturated heterocycles. The molecule has 146 valence electrons. The molecule has 1 aliphatic heterocycles. The minimum atomic E-state index is 0.669. The summed E-state index contributed by atoms with van der Waals surface area (Å²) in [6.45, 7) is 4.11. The number of hydrogen-bond donors (Lipinski definition) is 2. The number of hydrogen-bond acceptors (Lipinski definition) is 5. The van der Waals surface area contributed by atoms with E-state index >= 15 is 0 Å². The molecule has 1 aliphatic rings. The highest BCUT2D eigenvalue weighted by molar-refractivity contribution is 6.35. The van der Waals surface area contributed by atoms with Crippen LogP contribution in [0.25, 0.3) is 10.8 Å². The van der Waals surface area contributed by atoms with E-state index in [1.165, 1.54) is 25.9 Å². The molecule has 4 rings (SSSR count). The monoisotopic (exact) mass is 395 g/mol. The Labute approximate surface area is 171 Å². The van der Waals surface area contributed by atoms with Crippen molar-refractivity contribution in [2.75, 3.05) is 37.3 Å². The zero-order valence-corrected chi connectivity index (χ0v) is 16.9. The lowest BCUT2D eigenvalue weighted by Crippen LogP contribution is -2.33. The van der Waals surface area contributed by atoms with Crippen LogP contribution in [-0.4, -0.2) is 41.5 Å². The van der Waals surface area contributed by atoms with Gasteiger partial charge in [-0.1, -0.05) is 23.7 Å². The first kappa shape index (κ1) is 19.0. The number of halogens is 1. The Bertz CT molecular complexity index is 920. The predicted octanol–water partition coefficient (Wildman–Crippen LogP) is 4.65. The van der Waals surface area contributed by atoms with Crippen LogP contribution in [0.4, 0.5) is 11.5 Å². The van der Waals surface area contributed by atoms with Crippen LogP contribution < -0.4 is 10.6 Å². The van der Waals surface area contributed by atoms with Crippen molar-refractivity contribution >= 4 is 33.9 Å². The van der Waals surface area contributed by atoms with Gasteiger partial charge in [0.25, 0.3) is 0 Å². The summed E-state index contributed by atoms with van der Waals surface area (Å²) >= 11 is 6.25. The maximum Gasteiger partial charge on any atom is 0.125 e. The predicted molar refractivity (Wildman–Crippen MR) is 117 cm³/mol. The van der Waals surface area contributed by atoms with Crippen LogP contribution in [0, 0.1) is 5.92 Å². The highest BCUT2D eigenvalue weighted by atomic mass is 35.5. The van der Waals surface area contributed by atoms with Crippen molar-refractivity contribution in [2.24, 2.45) is 5.92 Å². The van der Waals surface area contributed by atoms with Gasteiger partial charge in [-0.2, -0.15) is 0 Å². The van der Waals surface area contributed by atoms with Crippen molar-refractivity contribution in [3.8, 4) is 0 Å². The van der Waals surface area contributed by atoms with Gasteiger partial charge in [0, 0.05) is 48.1 Å². The lowest BCUT2D eigenvalue weighted by atomic mass is 9.97. The van der Waals surface area contributed by atoms with E-state index in [2.05, 4.69) is 50.7 Å². The molecule has 3 aromatic rings. The lowest BCUT2D eigenvalue weighted by molar-refractivity contribution is 0.226. The molecule has 6 heteroatoms. The van der Waals surface area contributed by atoms with E-state index in [1.54, 1.807) is 6.20 Å². The molecule has 3 heterocycles. The first-order valence-electron chi connectivity index (χ1n) is 9.82. The molecule has 1 fully saturated rings. The van der Waals surface area contributed by atoms with Crippen LogP contribution in [0.2, 0.25) is 5.02 Å². The number of pyridine rings is 2. The highest BCUT2D eigenvalue weighted by Gasteiger charge is 2.16. The fraction of sp³-hybridized carbons (Fsp3) is 0.364. The molecule has 0 spiro atoms. The Hall–Kier alpha value is -2.37. The van der Waals surface area contributed by atoms with Gasteiger partial charge in [0.2, 0.25) is 0 Å². The van der Waals surface area contributed by atoms with Crippen LogP contribution in [0.1, 0.15) is 18.4 Å². The number of aromatic nitrogens is 2. The van der Waals surface area contributed by atoms with Crippen molar-refractivity contribution in [3.63, 3.8) is 0 Å². The Kier molecular flexibility index (Phi) is 5.93. The van der Waals surface area contributed by atoms with Crippen LogP contribution >= 0.6 is 11.6 Å². The van der Waals surface area contributed by atoms with Crippen LogP contribution in [0.5, 0.6) is 0 Å². The second-order valence-electron chi connectivity index (χ2n) is 7.59. The molecule has 0 saturated carbocycles. The average Bonchev–Trinajstić information content (AvgIpc) is 2.73. The summed E-state index contributed by atoms with van der Waals surface area (Å²) in [5, 5.41) is 9.65. The zero-order chi connectivity index (χ0) is 19.3. The zero-order valence-electron chi connectivity index (χ0n) is 16.2. The molecule has 0 radical (unpaired) electrons. The number of nitrogens with one attached hydrogen (secondary N) is 2. The van der Waals surface area contributed by atoms with E-state index in [9.17, 15) is 0 Å². The maximum absolute atomic E-state index is 6.25. The first-order valence-corrected chi connectivity index (χ1v) is 10.2. The largest absolute Gasteiger partial charge is 0.381 e. The van der Waals surface area contributed by atoms with Gasteiger partial charge in [-0.05, 0) is 62.7 Å². The number of benzene rings is 1. The third-order valence-corrected chi connectivity index (χ3v) is 5.74. The lowest BCUT2D eigenvalue weighted by Gasteiger charge is -2.29. The summed E-state index contributed by atoms with van der Waals surface area (Å²) in [7, 11) is 2.20. The summed E-state index contributed by atoms with van der Waals surface area (Å²) in [5.41, 5.74) is 2.18. The SMILES string of the molecule is CN1CCC(CNc2ccc(CNc3ccc4cncc(Cl)c4c3)cn2)CC1. The molecule has 28 heavy (non-hydrogen) atoms. The molecule has 2 N–H and O–H groups in total. The van der Waals surface area contributed by atoms with E-state index in [4.69, 9.17) is 11.6 Å². The average molecular weight is 396 g/mol. The van der Waals surface area contributed by atoms with Crippen LogP contribution in [-0.2, 0) is 6.54 Å². The van der Waals surface area contributed by atoms with E-state index < -0.39 is 0 Å². The van der Waals surface area contributed by atoms with Gasteiger partial charge < -0.3 is 15.5 Å². The Morgan fingerprint density at radius 2 is 1.93 bits per heavy atom. The number of nitrogens with zero attached hydrogens (tertiary/aromatic N) is 3. The normalized spacial score (nSPS) is 15.6. The fourth-order valence-electron chi connectivity index (χ4n) is 3.59. The summed E-state index contributed by atoms with van der Waals surface area (Å²) in [5.74, 6) is 1.70. The van der Waals surface area contributed by atoms with Crippen LogP contribution in [0.3, 0.4) is 0 Å². The van der Waals surface area contributed by atoms with E-state index in [1.807, 2.05) is 24.5 Å². The topological polar surface area (TPSA) is 53.1 Å². The van der Waals surface area contributed by atoms with E-state index in [-0.39, 0.29) is 0 Å². The van der Waals surface area contributed by atoms with Crippen molar-refractivity contribution in [2.45, 2.75) is 19.4 Å². The molecule has 1 aromatic carbocycles. The molecular weight excluding hydrogens is 370 g/mol. The molecule has 0 atom stereocenters. The third kappa shape index (κ3) is 4.72. The minimum absolute atomic E-state index is 0.669. The number of rotatable bonds is 6. The minimum Gasteiger partial charge on any atom is -0.381 e.